The number of amides is 1. The molecule has 0 bridgehead atoms. The lowest BCUT2D eigenvalue weighted by atomic mass is 10.3. The predicted octanol–water partition coefficient (Wildman–Crippen LogP) is -0.556. The van der Waals surface area contributed by atoms with Gasteiger partial charge in [0.1, 0.15) is 5.82 Å². The molecule has 0 unspecified atom stereocenters. The lowest BCUT2D eigenvalue weighted by Crippen LogP contribution is -2.52. The van der Waals surface area contributed by atoms with E-state index in [9.17, 15) is 13.2 Å². The molecule has 1 N–H and O–H groups in total. The third-order valence-corrected chi connectivity index (χ3v) is 5.36. The molecular weight excluding hydrogens is 306 g/mol. The Hall–Kier alpha value is -1.55. The third-order valence-electron chi connectivity index (χ3n) is 3.42. The molecule has 1 aromatic rings. The summed E-state index contributed by atoms with van der Waals surface area (Å²) in [7, 11) is -0.339. The molecule has 0 aromatic carbocycles. The molecule has 1 aliphatic heterocycles. The van der Waals surface area contributed by atoms with E-state index in [0.717, 1.165) is 0 Å². The topological polar surface area (TPSA) is 85.9 Å². The summed E-state index contributed by atoms with van der Waals surface area (Å²) in [5, 5.41) is 2.72. The number of aromatic nitrogens is 1. The van der Waals surface area contributed by atoms with Gasteiger partial charge in [0.2, 0.25) is 5.91 Å². The summed E-state index contributed by atoms with van der Waals surface area (Å²) in [6.45, 7) is 2.06. The van der Waals surface area contributed by atoms with E-state index in [4.69, 9.17) is 0 Å². The van der Waals surface area contributed by atoms with E-state index in [1.165, 1.54) is 22.7 Å². The highest BCUT2D eigenvalue weighted by Crippen LogP contribution is 2.09. The molecule has 1 amide bonds. The summed E-state index contributed by atoms with van der Waals surface area (Å²) in [6.07, 6.45) is 1.61. The number of hydrogen-bond acceptors (Lipinski definition) is 5. The minimum absolute atomic E-state index is 0.150. The average molecular weight is 327 g/mol. The molecule has 0 saturated carbocycles. The van der Waals surface area contributed by atoms with Crippen LogP contribution in [0.3, 0.4) is 0 Å². The Morgan fingerprint density at radius 2 is 1.95 bits per heavy atom. The van der Waals surface area contributed by atoms with Crippen molar-refractivity contribution in [1.29, 1.82) is 0 Å². The molecule has 1 aliphatic rings. The van der Waals surface area contributed by atoms with E-state index in [1.807, 2.05) is 4.90 Å². The molecule has 1 aromatic heterocycles. The van der Waals surface area contributed by atoms with Crippen molar-refractivity contribution in [3.05, 3.63) is 24.4 Å². The van der Waals surface area contributed by atoms with Crippen LogP contribution in [0.25, 0.3) is 0 Å². The molecule has 8 nitrogen and oxygen atoms in total. The first-order valence-corrected chi connectivity index (χ1v) is 8.40. The maximum absolute atomic E-state index is 12.0. The number of hydrogen-bond donors (Lipinski definition) is 1. The van der Waals surface area contributed by atoms with Crippen LogP contribution in [0.1, 0.15) is 0 Å². The lowest BCUT2D eigenvalue weighted by molar-refractivity contribution is -0.117. The minimum Gasteiger partial charge on any atom is -0.310 e. The fourth-order valence-corrected chi connectivity index (χ4v) is 3.26. The minimum atomic E-state index is -3.37. The van der Waals surface area contributed by atoms with Gasteiger partial charge in [-0.3, -0.25) is 9.69 Å². The van der Waals surface area contributed by atoms with Crippen LogP contribution in [0, 0.1) is 0 Å². The molecule has 0 aliphatic carbocycles. The van der Waals surface area contributed by atoms with Crippen molar-refractivity contribution >= 4 is 21.9 Å². The highest BCUT2D eigenvalue weighted by molar-refractivity contribution is 7.86. The molecule has 2 heterocycles. The number of rotatable bonds is 5. The van der Waals surface area contributed by atoms with Crippen LogP contribution in [-0.2, 0) is 15.0 Å². The smallest absolute Gasteiger partial charge is 0.281 e. The number of pyridine rings is 1. The van der Waals surface area contributed by atoms with Gasteiger partial charge in [-0.25, -0.2) is 4.98 Å². The van der Waals surface area contributed by atoms with E-state index >= 15 is 0 Å². The van der Waals surface area contributed by atoms with Gasteiger partial charge >= 0.3 is 0 Å². The first-order valence-electron chi connectivity index (χ1n) is 7.00. The van der Waals surface area contributed by atoms with Crippen LogP contribution in [0.2, 0.25) is 0 Å². The van der Waals surface area contributed by atoms with Crippen LogP contribution in [0.5, 0.6) is 0 Å². The van der Waals surface area contributed by atoms with Gasteiger partial charge in [0, 0.05) is 46.5 Å². The molecule has 0 radical (unpaired) electrons. The van der Waals surface area contributed by atoms with Gasteiger partial charge in [-0.2, -0.15) is 17.0 Å². The predicted molar refractivity (Wildman–Crippen MR) is 83.5 cm³/mol. The molecular formula is C13H21N5O3S. The summed E-state index contributed by atoms with van der Waals surface area (Å²) in [5.41, 5.74) is 0. The van der Waals surface area contributed by atoms with Crippen molar-refractivity contribution < 1.29 is 13.2 Å². The Balaban J connectivity index is 1.81. The van der Waals surface area contributed by atoms with Gasteiger partial charge in [-0.05, 0) is 12.1 Å². The summed E-state index contributed by atoms with van der Waals surface area (Å²) in [5.74, 6) is 0.365. The fraction of sp³-hybridized carbons (Fsp3) is 0.538. The summed E-state index contributed by atoms with van der Waals surface area (Å²) >= 11 is 0. The van der Waals surface area contributed by atoms with Crippen molar-refractivity contribution in [2.75, 3.05) is 52.1 Å². The van der Waals surface area contributed by atoms with E-state index in [2.05, 4.69) is 10.3 Å². The van der Waals surface area contributed by atoms with Crippen molar-refractivity contribution in [3.63, 3.8) is 0 Å². The van der Waals surface area contributed by atoms with Crippen LogP contribution in [-0.4, -0.2) is 79.6 Å². The molecule has 0 spiro atoms. The average Bonchev–Trinajstić information content (AvgIpc) is 2.48. The SMILES string of the molecule is CN(C)S(=O)(=O)N1CCN(CC(=O)Nc2ccccn2)CC1. The monoisotopic (exact) mass is 327 g/mol. The van der Waals surface area contributed by atoms with E-state index in [0.29, 0.717) is 32.0 Å². The van der Waals surface area contributed by atoms with Crippen LogP contribution < -0.4 is 5.32 Å². The second kappa shape index (κ2) is 7.14. The number of piperazine rings is 1. The molecule has 1 saturated heterocycles. The van der Waals surface area contributed by atoms with Crippen LogP contribution in [0.15, 0.2) is 24.4 Å². The first-order chi connectivity index (χ1) is 10.4. The summed E-state index contributed by atoms with van der Waals surface area (Å²) < 4.78 is 26.6. The van der Waals surface area contributed by atoms with E-state index in [-0.39, 0.29) is 12.5 Å². The first kappa shape index (κ1) is 16.8. The Labute approximate surface area is 130 Å². The largest absolute Gasteiger partial charge is 0.310 e. The van der Waals surface area contributed by atoms with Gasteiger partial charge in [-0.1, -0.05) is 6.07 Å². The molecule has 122 valence electrons. The van der Waals surface area contributed by atoms with Crippen molar-refractivity contribution in [3.8, 4) is 0 Å². The molecule has 9 heteroatoms. The zero-order valence-corrected chi connectivity index (χ0v) is 13.6. The van der Waals surface area contributed by atoms with Gasteiger partial charge in [-0.15, -0.1) is 0 Å². The fourth-order valence-electron chi connectivity index (χ4n) is 2.17. The third kappa shape index (κ3) is 4.23. The summed E-state index contributed by atoms with van der Waals surface area (Å²) in [4.78, 5) is 17.9. The quantitative estimate of drug-likeness (QED) is 0.784. The Bertz CT molecular complexity index is 597. The molecule has 22 heavy (non-hydrogen) atoms. The highest BCUT2D eigenvalue weighted by atomic mass is 32.2. The molecule has 2 rings (SSSR count). The highest BCUT2D eigenvalue weighted by Gasteiger charge is 2.29. The molecule has 0 atom stereocenters. The number of carbonyl (C=O) groups excluding carboxylic acids is 1. The number of carbonyl (C=O) groups is 1. The number of nitrogens with one attached hydrogen (secondary N) is 1. The number of nitrogens with zero attached hydrogens (tertiary/aromatic N) is 4. The van der Waals surface area contributed by atoms with Crippen molar-refractivity contribution in [2.45, 2.75) is 0 Å². The van der Waals surface area contributed by atoms with Gasteiger partial charge in [0.15, 0.2) is 0 Å². The van der Waals surface area contributed by atoms with Crippen molar-refractivity contribution in [2.24, 2.45) is 0 Å². The second-order valence-corrected chi connectivity index (χ2v) is 7.37. The standard InChI is InChI=1S/C13H21N5O3S/c1-16(2)22(20,21)18-9-7-17(8-10-18)11-13(19)15-12-5-3-4-6-14-12/h3-6H,7-11H2,1-2H3,(H,14,15,19). The maximum Gasteiger partial charge on any atom is 0.281 e. The van der Waals surface area contributed by atoms with Gasteiger partial charge in [0.05, 0.1) is 6.54 Å². The number of anilines is 1. The van der Waals surface area contributed by atoms with Gasteiger partial charge < -0.3 is 5.32 Å². The van der Waals surface area contributed by atoms with E-state index < -0.39 is 10.2 Å². The Morgan fingerprint density at radius 1 is 1.27 bits per heavy atom. The summed E-state index contributed by atoms with van der Waals surface area (Å²) in [6, 6.07) is 5.30. The normalized spacial score (nSPS) is 17.6. The zero-order valence-electron chi connectivity index (χ0n) is 12.8. The van der Waals surface area contributed by atoms with E-state index in [1.54, 1.807) is 24.4 Å². The molecule has 1 fully saturated rings. The van der Waals surface area contributed by atoms with Crippen LogP contribution >= 0.6 is 0 Å². The maximum atomic E-state index is 12.0. The Morgan fingerprint density at radius 3 is 2.50 bits per heavy atom. The lowest BCUT2D eigenvalue weighted by Gasteiger charge is -2.34. The Kier molecular flexibility index (Phi) is 5.46. The van der Waals surface area contributed by atoms with Crippen LogP contribution in [0.4, 0.5) is 5.82 Å². The van der Waals surface area contributed by atoms with Crippen molar-refractivity contribution in [1.82, 2.24) is 18.5 Å². The van der Waals surface area contributed by atoms with Gasteiger partial charge in [0.25, 0.3) is 10.2 Å². The zero-order chi connectivity index (χ0) is 16.2. The second-order valence-electron chi connectivity index (χ2n) is 5.23.